The molecule has 2 unspecified atom stereocenters. The molecule has 2 fully saturated rings. The molecule has 0 aromatic carbocycles. The van der Waals surface area contributed by atoms with Gasteiger partial charge in [-0.25, -0.2) is 0 Å². The third-order valence-corrected chi connectivity index (χ3v) is 6.17. The number of halogens is 1. The van der Waals surface area contributed by atoms with Gasteiger partial charge >= 0.3 is 0 Å². The van der Waals surface area contributed by atoms with Gasteiger partial charge in [-0.2, -0.15) is 0 Å². The summed E-state index contributed by atoms with van der Waals surface area (Å²) in [5, 5.41) is 1.21. The van der Waals surface area contributed by atoms with Crippen LogP contribution in [0, 0.1) is 11.3 Å². The van der Waals surface area contributed by atoms with E-state index in [1.165, 1.54) is 63.4 Å². The fourth-order valence-electron chi connectivity index (χ4n) is 3.67. The Morgan fingerprint density at radius 1 is 1.12 bits per heavy atom. The zero-order valence-corrected chi connectivity index (χ0v) is 13.1. The molecule has 1 aliphatic heterocycles. The van der Waals surface area contributed by atoms with Crippen molar-refractivity contribution in [2.75, 3.05) is 18.4 Å². The van der Waals surface area contributed by atoms with Gasteiger partial charge in [0.25, 0.3) is 0 Å². The van der Waals surface area contributed by atoms with Crippen molar-refractivity contribution in [3.63, 3.8) is 0 Å². The summed E-state index contributed by atoms with van der Waals surface area (Å²) >= 11 is 3.80. The number of likely N-dealkylation sites (tertiary alicyclic amines) is 1. The van der Waals surface area contributed by atoms with E-state index in [1.54, 1.807) is 0 Å². The van der Waals surface area contributed by atoms with Gasteiger partial charge in [0.2, 0.25) is 0 Å². The maximum absolute atomic E-state index is 3.80. The van der Waals surface area contributed by atoms with Crippen molar-refractivity contribution in [1.82, 2.24) is 4.90 Å². The van der Waals surface area contributed by atoms with Crippen molar-refractivity contribution in [1.29, 1.82) is 0 Å². The first kappa shape index (κ1) is 13.9. The molecule has 1 nitrogen and oxygen atoms in total. The predicted molar refractivity (Wildman–Crippen MR) is 78.7 cm³/mol. The van der Waals surface area contributed by atoms with E-state index in [1.807, 2.05) is 0 Å². The van der Waals surface area contributed by atoms with Crippen molar-refractivity contribution in [3.8, 4) is 0 Å². The van der Waals surface area contributed by atoms with Gasteiger partial charge in [-0.05, 0) is 43.9 Å². The molecule has 2 rings (SSSR count). The van der Waals surface area contributed by atoms with E-state index in [-0.39, 0.29) is 0 Å². The van der Waals surface area contributed by atoms with Crippen LogP contribution in [0.3, 0.4) is 0 Å². The molecule has 2 aliphatic rings. The standard InChI is InChI=1S/C15H28BrN/c1-13-6-7-14(2)17(10-13)12-15(11-16)8-4-3-5-9-15/h13-14H,3-12H2,1-2H3. The third kappa shape index (κ3) is 3.47. The number of piperidine rings is 1. The average Bonchev–Trinajstić information content (AvgIpc) is 2.35. The maximum Gasteiger partial charge on any atom is 0.0100 e. The Kier molecular flexibility index (Phi) is 4.94. The number of hydrogen-bond acceptors (Lipinski definition) is 1. The van der Waals surface area contributed by atoms with Gasteiger partial charge in [0.05, 0.1) is 0 Å². The van der Waals surface area contributed by atoms with Gasteiger partial charge in [0, 0.05) is 24.5 Å². The number of alkyl halides is 1. The third-order valence-electron chi connectivity index (χ3n) is 4.98. The van der Waals surface area contributed by atoms with Crippen LogP contribution in [0.15, 0.2) is 0 Å². The molecule has 1 heterocycles. The lowest BCUT2D eigenvalue weighted by atomic mass is 9.74. The number of hydrogen-bond donors (Lipinski definition) is 0. The summed E-state index contributed by atoms with van der Waals surface area (Å²) in [6.45, 7) is 7.51. The lowest BCUT2D eigenvalue weighted by Crippen LogP contribution is -2.48. The highest BCUT2D eigenvalue weighted by molar-refractivity contribution is 9.09. The first-order valence-electron chi connectivity index (χ1n) is 7.45. The first-order chi connectivity index (χ1) is 8.15. The van der Waals surface area contributed by atoms with Crippen molar-refractivity contribution in [3.05, 3.63) is 0 Å². The molecule has 0 spiro atoms. The molecule has 0 aromatic heterocycles. The minimum atomic E-state index is 0.587. The molecule has 0 N–H and O–H groups in total. The van der Waals surface area contributed by atoms with Crippen molar-refractivity contribution < 1.29 is 0 Å². The smallest absolute Gasteiger partial charge is 0.0100 e. The van der Waals surface area contributed by atoms with Crippen LogP contribution >= 0.6 is 15.9 Å². The summed E-state index contributed by atoms with van der Waals surface area (Å²) < 4.78 is 0. The Morgan fingerprint density at radius 2 is 1.82 bits per heavy atom. The summed E-state index contributed by atoms with van der Waals surface area (Å²) in [6.07, 6.45) is 10.1. The van der Waals surface area contributed by atoms with Crippen LogP contribution in [0.25, 0.3) is 0 Å². The second kappa shape index (κ2) is 6.06. The predicted octanol–water partition coefficient (Wildman–Crippen LogP) is 4.45. The second-order valence-electron chi connectivity index (χ2n) is 6.66. The van der Waals surface area contributed by atoms with E-state index in [0.29, 0.717) is 5.41 Å². The molecule has 0 aromatic rings. The number of nitrogens with zero attached hydrogens (tertiary/aromatic N) is 1. The quantitative estimate of drug-likeness (QED) is 0.696. The summed E-state index contributed by atoms with van der Waals surface area (Å²) in [6, 6.07) is 0.809. The minimum absolute atomic E-state index is 0.587. The molecular formula is C15H28BrN. The van der Waals surface area contributed by atoms with Gasteiger partial charge < -0.3 is 0 Å². The van der Waals surface area contributed by atoms with Crippen LogP contribution < -0.4 is 0 Å². The van der Waals surface area contributed by atoms with Crippen molar-refractivity contribution in [2.45, 2.75) is 64.8 Å². The Bertz CT molecular complexity index is 235. The highest BCUT2D eigenvalue weighted by Gasteiger charge is 2.35. The summed E-state index contributed by atoms with van der Waals surface area (Å²) in [4.78, 5) is 2.78. The van der Waals surface area contributed by atoms with E-state index < -0.39 is 0 Å². The fourth-order valence-corrected chi connectivity index (χ4v) is 4.40. The average molecular weight is 302 g/mol. The topological polar surface area (TPSA) is 3.24 Å². The van der Waals surface area contributed by atoms with Crippen LogP contribution in [-0.4, -0.2) is 29.4 Å². The fraction of sp³-hybridized carbons (Fsp3) is 1.00. The molecular weight excluding hydrogens is 274 g/mol. The molecule has 0 amide bonds. The van der Waals surface area contributed by atoms with Gasteiger partial charge in [-0.15, -0.1) is 0 Å². The molecule has 100 valence electrons. The van der Waals surface area contributed by atoms with Crippen LogP contribution in [0.2, 0.25) is 0 Å². The summed E-state index contributed by atoms with van der Waals surface area (Å²) in [7, 11) is 0. The highest BCUT2D eigenvalue weighted by atomic mass is 79.9. The van der Waals surface area contributed by atoms with Gasteiger partial charge in [-0.3, -0.25) is 4.90 Å². The van der Waals surface area contributed by atoms with Gasteiger partial charge in [-0.1, -0.05) is 42.1 Å². The Balaban J connectivity index is 1.96. The largest absolute Gasteiger partial charge is 0.300 e. The van der Waals surface area contributed by atoms with Crippen LogP contribution in [0.4, 0.5) is 0 Å². The SMILES string of the molecule is CC1CCC(C)N(CC2(CBr)CCCCC2)C1. The van der Waals surface area contributed by atoms with E-state index in [9.17, 15) is 0 Å². The highest BCUT2D eigenvalue weighted by Crippen LogP contribution is 2.40. The van der Waals surface area contributed by atoms with Gasteiger partial charge in [0.1, 0.15) is 0 Å². The Hall–Kier alpha value is 0.440. The molecule has 1 saturated heterocycles. The van der Waals surface area contributed by atoms with Crippen LogP contribution in [0.1, 0.15) is 58.8 Å². The van der Waals surface area contributed by atoms with E-state index in [2.05, 4.69) is 34.7 Å². The van der Waals surface area contributed by atoms with E-state index >= 15 is 0 Å². The second-order valence-corrected chi connectivity index (χ2v) is 7.22. The molecule has 0 bridgehead atoms. The van der Waals surface area contributed by atoms with Crippen LogP contribution in [-0.2, 0) is 0 Å². The Labute approximate surface area is 115 Å². The van der Waals surface area contributed by atoms with E-state index in [4.69, 9.17) is 0 Å². The molecule has 1 aliphatic carbocycles. The zero-order chi connectivity index (χ0) is 12.3. The van der Waals surface area contributed by atoms with Gasteiger partial charge in [0.15, 0.2) is 0 Å². The molecule has 0 radical (unpaired) electrons. The van der Waals surface area contributed by atoms with Crippen molar-refractivity contribution >= 4 is 15.9 Å². The zero-order valence-electron chi connectivity index (χ0n) is 11.6. The lowest BCUT2D eigenvalue weighted by Gasteiger charge is -2.45. The first-order valence-corrected chi connectivity index (χ1v) is 8.57. The molecule has 1 saturated carbocycles. The molecule has 2 heteroatoms. The minimum Gasteiger partial charge on any atom is -0.300 e. The Morgan fingerprint density at radius 3 is 2.47 bits per heavy atom. The summed E-state index contributed by atoms with van der Waals surface area (Å²) in [5.41, 5.74) is 0.587. The monoisotopic (exact) mass is 301 g/mol. The number of rotatable bonds is 3. The van der Waals surface area contributed by atoms with E-state index in [0.717, 1.165) is 12.0 Å². The van der Waals surface area contributed by atoms with Crippen LogP contribution in [0.5, 0.6) is 0 Å². The molecule has 17 heavy (non-hydrogen) atoms. The molecule has 2 atom stereocenters. The maximum atomic E-state index is 3.80. The lowest BCUT2D eigenvalue weighted by molar-refractivity contribution is 0.0580. The van der Waals surface area contributed by atoms with Crippen molar-refractivity contribution in [2.24, 2.45) is 11.3 Å². The summed E-state index contributed by atoms with van der Waals surface area (Å²) in [5.74, 6) is 0.905. The normalized spacial score (nSPS) is 34.8.